The third-order valence-electron chi connectivity index (χ3n) is 4.35. The average Bonchev–Trinajstić information content (AvgIpc) is 2.62. The van der Waals surface area contributed by atoms with Crippen LogP contribution in [-0.4, -0.2) is 35.4 Å². The highest BCUT2D eigenvalue weighted by molar-refractivity contribution is 5.93. The third kappa shape index (κ3) is 4.63. The maximum atomic E-state index is 12.1. The van der Waals surface area contributed by atoms with Gasteiger partial charge in [-0.25, -0.2) is 0 Å². The number of hydrogen-bond donors (Lipinski definition) is 1. The number of aromatic nitrogens is 1. The number of hydrogen-bond acceptors (Lipinski definition) is 3. The van der Waals surface area contributed by atoms with E-state index in [1.165, 1.54) is 18.4 Å². The lowest BCUT2D eigenvalue weighted by Crippen LogP contribution is -2.40. The van der Waals surface area contributed by atoms with Crippen molar-refractivity contribution in [3.8, 4) is 0 Å². The Morgan fingerprint density at radius 1 is 1.17 bits per heavy atom. The van der Waals surface area contributed by atoms with E-state index in [2.05, 4.69) is 45.5 Å². The van der Waals surface area contributed by atoms with Crippen molar-refractivity contribution in [2.75, 3.05) is 19.6 Å². The van der Waals surface area contributed by atoms with Gasteiger partial charge in [-0.2, -0.15) is 0 Å². The van der Waals surface area contributed by atoms with E-state index in [0.29, 0.717) is 11.5 Å². The highest BCUT2D eigenvalue weighted by atomic mass is 16.1. The van der Waals surface area contributed by atoms with Crippen LogP contribution in [0, 0.1) is 5.92 Å². The maximum absolute atomic E-state index is 12.1. The molecule has 1 N–H and O–H groups in total. The van der Waals surface area contributed by atoms with Gasteiger partial charge >= 0.3 is 0 Å². The van der Waals surface area contributed by atoms with Crippen LogP contribution in [0.15, 0.2) is 54.9 Å². The van der Waals surface area contributed by atoms with Gasteiger partial charge in [0.2, 0.25) is 0 Å². The molecule has 3 rings (SSSR count). The lowest BCUT2D eigenvalue weighted by molar-refractivity contribution is 0.0930. The van der Waals surface area contributed by atoms with Crippen LogP contribution in [0.3, 0.4) is 0 Å². The number of benzene rings is 1. The summed E-state index contributed by atoms with van der Waals surface area (Å²) in [6, 6.07) is 14.1. The van der Waals surface area contributed by atoms with Crippen LogP contribution in [0.1, 0.15) is 28.8 Å². The lowest BCUT2D eigenvalue weighted by Gasteiger charge is -2.32. The molecule has 1 aromatic heterocycles. The highest BCUT2D eigenvalue weighted by Gasteiger charge is 2.20. The van der Waals surface area contributed by atoms with Crippen LogP contribution in [0.25, 0.3) is 0 Å². The number of piperidine rings is 1. The van der Waals surface area contributed by atoms with Gasteiger partial charge in [-0.15, -0.1) is 0 Å². The van der Waals surface area contributed by atoms with Gasteiger partial charge in [0.25, 0.3) is 5.91 Å². The smallest absolute Gasteiger partial charge is 0.251 e. The fraction of sp³-hybridized carbons (Fsp3) is 0.368. The normalized spacial score (nSPS) is 18.5. The van der Waals surface area contributed by atoms with E-state index in [-0.39, 0.29) is 5.91 Å². The predicted molar refractivity (Wildman–Crippen MR) is 91.0 cm³/mol. The Morgan fingerprint density at radius 2 is 1.96 bits per heavy atom. The first-order valence-corrected chi connectivity index (χ1v) is 8.26. The molecule has 1 amide bonds. The molecule has 1 fully saturated rings. The minimum Gasteiger partial charge on any atom is -0.352 e. The topological polar surface area (TPSA) is 45.2 Å². The maximum Gasteiger partial charge on any atom is 0.251 e. The van der Waals surface area contributed by atoms with Crippen molar-refractivity contribution in [2.24, 2.45) is 5.92 Å². The Labute approximate surface area is 137 Å². The number of pyridine rings is 1. The summed E-state index contributed by atoms with van der Waals surface area (Å²) in [5.41, 5.74) is 2.03. The minimum atomic E-state index is -0.00687. The fourth-order valence-corrected chi connectivity index (χ4v) is 3.15. The minimum absolute atomic E-state index is 0.00687. The van der Waals surface area contributed by atoms with Gasteiger partial charge in [-0.05, 0) is 43.0 Å². The van der Waals surface area contributed by atoms with E-state index < -0.39 is 0 Å². The Hall–Kier alpha value is -2.20. The summed E-state index contributed by atoms with van der Waals surface area (Å²) in [6.45, 7) is 3.93. The molecule has 1 aliphatic heterocycles. The second kappa shape index (κ2) is 7.88. The Kier molecular flexibility index (Phi) is 5.37. The standard InChI is InChI=1S/C19H23N3O/c23-19(18-8-10-20-11-9-18)21-13-17-7-4-12-22(15-17)14-16-5-2-1-3-6-16/h1-3,5-6,8-11,17H,4,7,12-15H2,(H,21,23). The largest absolute Gasteiger partial charge is 0.352 e. The number of amides is 1. The second-order valence-corrected chi connectivity index (χ2v) is 6.17. The molecule has 1 saturated heterocycles. The van der Waals surface area contributed by atoms with E-state index in [9.17, 15) is 4.79 Å². The van der Waals surface area contributed by atoms with Crippen LogP contribution < -0.4 is 5.32 Å². The molecular weight excluding hydrogens is 286 g/mol. The van der Waals surface area contributed by atoms with Crippen molar-refractivity contribution < 1.29 is 4.79 Å². The lowest BCUT2D eigenvalue weighted by atomic mass is 9.97. The van der Waals surface area contributed by atoms with Crippen LogP contribution in [0.4, 0.5) is 0 Å². The van der Waals surface area contributed by atoms with Gasteiger partial charge in [-0.1, -0.05) is 30.3 Å². The Morgan fingerprint density at radius 3 is 2.74 bits per heavy atom. The average molecular weight is 309 g/mol. The molecule has 4 heteroatoms. The van der Waals surface area contributed by atoms with Crippen molar-refractivity contribution in [2.45, 2.75) is 19.4 Å². The summed E-state index contributed by atoms with van der Waals surface area (Å²) in [4.78, 5) is 18.5. The van der Waals surface area contributed by atoms with Crippen molar-refractivity contribution in [1.29, 1.82) is 0 Å². The number of rotatable bonds is 5. The van der Waals surface area contributed by atoms with Gasteiger partial charge in [0.15, 0.2) is 0 Å². The van der Waals surface area contributed by atoms with E-state index in [4.69, 9.17) is 0 Å². The number of likely N-dealkylation sites (tertiary alicyclic amines) is 1. The Balaban J connectivity index is 1.48. The van der Waals surface area contributed by atoms with Crippen molar-refractivity contribution in [3.05, 3.63) is 66.0 Å². The molecule has 1 aliphatic rings. The van der Waals surface area contributed by atoms with Gasteiger partial charge in [0.1, 0.15) is 0 Å². The third-order valence-corrected chi connectivity index (χ3v) is 4.35. The highest BCUT2D eigenvalue weighted by Crippen LogP contribution is 2.18. The van der Waals surface area contributed by atoms with Gasteiger partial charge in [0, 0.05) is 37.6 Å². The van der Waals surface area contributed by atoms with Crippen molar-refractivity contribution >= 4 is 5.91 Å². The van der Waals surface area contributed by atoms with Crippen LogP contribution in [0.5, 0.6) is 0 Å². The first kappa shape index (κ1) is 15.7. The van der Waals surface area contributed by atoms with E-state index in [0.717, 1.165) is 26.2 Å². The summed E-state index contributed by atoms with van der Waals surface area (Å²) in [7, 11) is 0. The predicted octanol–water partition coefficient (Wildman–Crippen LogP) is 2.72. The van der Waals surface area contributed by atoms with Gasteiger partial charge < -0.3 is 5.32 Å². The van der Waals surface area contributed by atoms with Crippen molar-refractivity contribution in [3.63, 3.8) is 0 Å². The van der Waals surface area contributed by atoms with Crippen LogP contribution >= 0.6 is 0 Å². The molecule has 0 saturated carbocycles. The summed E-state index contributed by atoms with van der Waals surface area (Å²) in [5, 5.41) is 3.06. The summed E-state index contributed by atoms with van der Waals surface area (Å²) < 4.78 is 0. The second-order valence-electron chi connectivity index (χ2n) is 6.17. The molecule has 0 bridgehead atoms. The first-order valence-electron chi connectivity index (χ1n) is 8.26. The molecule has 0 radical (unpaired) electrons. The molecule has 2 heterocycles. The number of carbonyl (C=O) groups is 1. The zero-order chi connectivity index (χ0) is 15.9. The molecule has 0 aliphatic carbocycles. The summed E-state index contributed by atoms with van der Waals surface area (Å²) in [5.74, 6) is 0.519. The first-order chi connectivity index (χ1) is 11.3. The molecule has 0 spiro atoms. The molecule has 23 heavy (non-hydrogen) atoms. The molecule has 2 aromatic rings. The van der Waals surface area contributed by atoms with Crippen molar-refractivity contribution in [1.82, 2.24) is 15.2 Å². The Bertz CT molecular complexity index is 615. The number of nitrogens with one attached hydrogen (secondary N) is 1. The van der Waals surface area contributed by atoms with Crippen LogP contribution in [-0.2, 0) is 6.54 Å². The van der Waals surface area contributed by atoms with Crippen LogP contribution in [0.2, 0.25) is 0 Å². The molecule has 1 aromatic carbocycles. The quantitative estimate of drug-likeness (QED) is 0.923. The summed E-state index contributed by atoms with van der Waals surface area (Å²) >= 11 is 0. The molecule has 1 atom stereocenters. The van der Waals surface area contributed by atoms with Gasteiger partial charge in [-0.3, -0.25) is 14.7 Å². The fourth-order valence-electron chi connectivity index (χ4n) is 3.15. The van der Waals surface area contributed by atoms with Gasteiger partial charge in [0.05, 0.1) is 0 Å². The molecule has 1 unspecified atom stereocenters. The zero-order valence-corrected chi connectivity index (χ0v) is 13.3. The van der Waals surface area contributed by atoms with E-state index in [1.54, 1.807) is 24.5 Å². The monoisotopic (exact) mass is 309 g/mol. The number of nitrogens with zero attached hydrogens (tertiary/aromatic N) is 2. The molecule has 4 nitrogen and oxygen atoms in total. The number of carbonyl (C=O) groups excluding carboxylic acids is 1. The van der Waals surface area contributed by atoms with E-state index >= 15 is 0 Å². The molecule has 120 valence electrons. The van der Waals surface area contributed by atoms with E-state index in [1.807, 2.05) is 0 Å². The summed E-state index contributed by atoms with van der Waals surface area (Å²) in [6.07, 6.45) is 5.68. The zero-order valence-electron chi connectivity index (χ0n) is 13.3. The molecular formula is C19H23N3O. The SMILES string of the molecule is O=C(NCC1CCCN(Cc2ccccc2)C1)c1ccncc1.